The molecule has 0 aliphatic heterocycles. The molecule has 0 heterocycles. The third-order valence-corrected chi connectivity index (χ3v) is 4.36. The quantitative estimate of drug-likeness (QED) is 0.245. The van der Waals surface area contributed by atoms with Gasteiger partial charge in [-0.2, -0.15) is 0 Å². The van der Waals surface area contributed by atoms with Crippen LogP contribution in [-0.4, -0.2) is 24.6 Å². The zero-order valence-electron chi connectivity index (χ0n) is 15.8. The lowest BCUT2D eigenvalue weighted by Crippen LogP contribution is -2.04. The number of oxime groups is 1. The predicted octanol–water partition coefficient (Wildman–Crippen LogP) is 5.66. The molecule has 0 bridgehead atoms. The Hall–Kier alpha value is -2.49. The van der Waals surface area contributed by atoms with Gasteiger partial charge in [-0.3, -0.25) is 0 Å². The molecule has 4 nitrogen and oxygen atoms in total. The van der Waals surface area contributed by atoms with Gasteiger partial charge in [-0.05, 0) is 55.0 Å². The molecule has 0 spiro atoms. The number of methoxy groups -OCH3 is 1. The summed E-state index contributed by atoms with van der Waals surface area (Å²) in [7, 11) is 1.62. The number of hydrogen-bond donors (Lipinski definition) is 1. The SMILES string of the molecule is CCCCCCCCOc1ccc(/C(=N\O)c2ccc(OC)cc2)cc1. The first-order chi connectivity index (χ1) is 12.8. The lowest BCUT2D eigenvalue weighted by molar-refractivity contribution is 0.304. The molecule has 0 unspecified atom stereocenters. The van der Waals surface area contributed by atoms with E-state index in [1.807, 2.05) is 48.5 Å². The molecule has 0 amide bonds. The van der Waals surface area contributed by atoms with Gasteiger partial charge in [0.05, 0.1) is 13.7 Å². The zero-order valence-corrected chi connectivity index (χ0v) is 15.8. The Bertz CT molecular complexity index is 663. The van der Waals surface area contributed by atoms with Crippen LogP contribution in [0.5, 0.6) is 11.5 Å². The van der Waals surface area contributed by atoms with E-state index >= 15 is 0 Å². The van der Waals surface area contributed by atoms with Crippen molar-refractivity contribution in [3.05, 3.63) is 59.7 Å². The highest BCUT2D eigenvalue weighted by molar-refractivity contribution is 6.12. The molecule has 4 heteroatoms. The second-order valence-corrected chi connectivity index (χ2v) is 6.32. The number of ether oxygens (including phenoxy) is 2. The van der Waals surface area contributed by atoms with Gasteiger partial charge < -0.3 is 14.7 Å². The van der Waals surface area contributed by atoms with Crippen LogP contribution in [-0.2, 0) is 0 Å². The highest BCUT2D eigenvalue weighted by Gasteiger charge is 2.08. The minimum Gasteiger partial charge on any atom is -0.497 e. The van der Waals surface area contributed by atoms with Crippen LogP contribution < -0.4 is 9.47 Å². The Kier molecular flexibility index (Phi) is 8.53. The molecule has 2 aromatic carbocycles. The van der Waals surface area contributed by atoms with E-state index in [1.54, 1.807) is 7.11 Å². The monoisotopic (exact) mass is 355 g/mol. The fourth-order valence-electron chi connectivity index (χ4n) is 2.81. The highest BCUT2D eigenvalue weighted by Crippen LogP contribution is 2.19. The second kappa shape index (κ2) is 11.2. The van der Waals surface area contributed by atoms with Crippen molar-refractivity contribution >= 4 is 5.71 Å². The Morgan fingerprint density at radius 1 is 0.808 bits per heavy atom. The summed E-state index contributed by atoms with van der Waals surface area (Å²) in [6.45, 7) is 2.97. The summed E-state index contributed by atoms with van der Waals surface area (Å²) in [5.74, 6) is 1.61. The molecular formula is C22H29NO3. The van der Waals surface area contributed by atoms with E-state index in [0.29, 0.717) is 5.71 Å². The maximum Gasteiger partial charge on any atom is 0.119 e. The van der Waals surface area contributed by atoms with E-state index in [9.17, 15) is 5.21 Å². The molecule has 0 aliphatic carbocycles. The topological polar surface area (TPSA) is 51.0 Å². The van der Waals surface area contributed by atoms with Gasteiger partial charge in [-0.15, -0.1) is 0 Å². The lowest BCUT2D eigenvalue weighted by Gasteiger charge is -2.09. The summed E-state index contributed by atoms with van der Waals surface area (Å²) in [5, 5.41) is 12.9. The van der Waals surface area contributed by atoms with Gasteiger partial charge in [0.15, 0.2) is 0 Å². The number of benzene rings is 2. The minimum atomic E-state index is 0.523. The number of rotatable bonds is 11. The zero-order chi connectivity index (χ0) is 18.6. The van der Waals surface area contributed by atoms with Crippen LogP contribution in [0.3, 0.4) is 0 Å². The summed E-state index contributed by atoms with van der Waals surface area (Å²) in [5.41, 5.74) is 2.19. The van der Waals surface area contributed by atoms with E-state index in [0.717, 1.165) is 35.7 Å². The standard InChI is InChI=1S/C22H29NO3/c1-3-4-5-6-7-8-17-26-21-15-11-19(12-16-21)22(23-24)18-9-13-20(25-2)14-10-18/h9-16,24H,3-8,17H2,1-2H3/b23-22-. The third kappa shape index (κ3) is 6.10. The molecule has 1 N–H and O–H groups in total. The smallest absolute Gasteiger partial charge is 0.119 e. The molecule has 0 atom stereocenters. The molecule has 2 rings (SSSR count). The van der Waals surface area contributed by atoms with Gasteiger partial charge in [0.25, 0.3) is 0 Å². The summed E-state index contributed by atoms with van der Waals surface area (Å²) in [6, 6.07) is 15.1. The van der Waals surface area contributed by atoms with Crippen molar-refractivity contribution < 1.29 is 14.7 Å². The van der Waals surface area contributed by atoms with Gasteiger partial charge in [0.2, 0.25) is 0 Å². The molecular weight excluding hydrogens is 326 g/mol. The van der Waals surface area contributed by atoms with Crippen molar-refractivity contribution in [2.45, 2.75) is 45.4 Å². The van der Waals surface area contributed by atoms with Crippen molar-refractivity contribution in [1.82, 2.24) is 0 Å². The molecule has 0 aromatic heterocycles. The Morgan fingerprint density at radius 3 is 1.88 bits per heavy atom. The summed E-state index contributed by atoms with van der Waals surface area (Å²) in [4.78, 5) is 0. The second-order valence-electron chi connectivity index (χ2n) is 6.32. The van der Waals surface area contributed by atoms with E-state index < -0.39 is 0 Å². The average molecular weight is 355 g/mol. The van der Waals surface area contributed by atoms with Crippen LogP contribution in [0.1, 0.15) is 56.6 Å². The van der Waals surface area contributed by atoms with Crippen molar-refractivity contribution in [2.75, 3.05) is 13.7 Å². The van der Waals surface area contributed by atoms with Gasteiger partial charge in [0, 0.05) is 11.1 Å². The highest BCUT2D eigenvalue weighted by atomic mass is 16.5. The molecule has 0 radical (unpaired) electrons. The predicted molar refractivity (Wildman–Crippen MR) is 106 cm³/mol. The Morgan fingerprint density at radius 2 is 1.35 bits per heavy atom. The van der Waals surface area contributed by atoms with E-state index in [1.165, 1.54) is 32.1 Å². The summed E-state index contributed by atoms with van der Waals surface area (Å²) in [6.07, 6.45) is 7.51. The van der Waals surface area contributed by atoms with Crippen molar-refractivity contribution in [2.24, 2.45) is 5.16 Å². The number of nitrogens with zero attached hydrogens (tertiary/aromatic N) is 1. The van der Waals surface area contributed by atoms with E-state index in [2.05, 4.69) is 12.1 Å². The molecule has 26 heavy (non-hydrogen) atoms. The fourth-order valence-corrected chi connectivity index (χ4v) is 2.81. The maximum atomic E-state index is 9.42. The normalized spacial score (nSPS) is 11.4. The molecule has 0 saturated carbocycles. The van der Waals surface area contributed by atoms with Crippen LogP contribution in [0.4, 0.5) is 0 Å². The molecule has 0 saturated heterocycles. The van der Waals surface area contributed by atoms with Crippen LogP contribution in [0.25, 0.3) is 0 Å². The summed E-state index contributed by atoms with van der Waals surface area (Å²) < 4.78 is 11.0. The largest absolute Gasteiger partial charge is 0.497 e. The molecule has 2 aromatic rings. The van der Waals surface area contributed by atoms with E-state index in [-0.39, 0.29) is 0 Å². The van der Waals surface area contributed by atoms with E-state index in [4.69, 9.17) is 9.47 Å². The molecule has 0 fully saturated rings. The van der Waals surface area contributed by atoms with Crippen molar-refractivity contribution in [1.29, 1.82) is 0 Å². The lowest BCUT2D eigenvalue weighted by atomic mass is 10.0. The number of hydrogen-bond acceptors (Lipinski definition) is 4. The molecule has 140 valence electrons. The van der Waals surface area contributed by atoms with Crippen LogP contribution in [0, 0.1) is 0 Å². The molecule has 0 aliphatic rings. The first-order valence-electron chi connectivity index (χ1n) is 9.38. The Labute approximate surface area is 156 Å². The maximum absolute atomic E-state index is 9.42. The van der Waals surface area contributed by atoms with Gasteiger partial charge >= 0.3 is 0 Å². The van der Waals surface area contributed by atoms with Crippen LogP contribution in [0.15, 0.2) is 53.7 Å². The third-order valence-electron chi connectivity index (χ3n) is 4.36. The minimum absolute atomic E-state index is 0.523. The first-order valence-corrected chi connectivity index (χ1v) is 9.38. The van der Waals surface area contributed by atoms with Gasteiger partial charge in [-0.1, -0.05) is 44.2 Å². The van der Waals surface area contributed by atoms with Crippen molar-refractivity contribution in [3.8, 4) is 11.5 Å². The fraction of sp³-hybridized carbons (Fsp3) is 0.409. The van der Waals surface area contributed by atoms with Gasteiger partial charge in [-0.25, -0.2) is 0 Å². The number of unbranched alkanes of at least 4 members (excludes halogenated alkanes) is 5. The van der Waals surface area contributed by atoms with Crippen LogP contribution >= 0.6 is 0 Å². The Balaban J connectivity index is 1.86. The van der Waals surface area contributed by atoms with Crippen molar-refractivity contribution in [3.63, 3.8) is 0 Å². The van der Waals surface area contributed by atoms with Crippen LogP contribution in [0.2, 0.25) is 0 Å². The van der Waals surface area contributed by atoms with Gasteiger partial charge in [0.1, 0.15) is 17.2 Å². The summed E-state index contributed by atoms with van der Waals surface area (Å²) >= 11 is 0. The average Bonchev–Trinajstić information content (AvgIpc) is 2.69. The first kappa shape index (κ1) is 19.8.